The summed E-state index contributed by atoms with van der Waals surface area (Å²) in [5.74, 6) is 5.93. The zero-order chi connectivity index (χ0) is 14.7. The summed E-state index contributed by atoms with van der Waals surface area (Å²) in [6.07, 6.45) is 2.48. The number of amides is 1. The molecule has 21 heavy (non-hydrogen) atoms. The minimum atomic E-state index is 0.139. The quantitative estimate of drug-likeness (QED) is 0.780. The lowest BCUT2D eigenvalue weighted by atomic mass is 10.1. The molecular weight excluding hydrogens is 262 g/mol. The zero-order valence-electron chi connectivity index (χ0n) is 12.2. The summed E-state index contributed by atoms with van der Waals surface area (Å²) < 4.78 is 0. The van der Waals surface area contributed by atoms with E-state index in [0.717, 1.165) is 30.8 Å². The van der Waals surface area contributed by atoms with Crippen molar-refractivity contribution >= 4 is 5.91 Å². The Balaban J connectivity index is 1.67. The Morgan fingerprint density at radius 1 is 1.24 bits per heavy atom. The van der Waals surface area contributed by atoms with Gasteiger partial charge in [-0.05, 0) is 43.7 Å². The van der Waals surface area contributed by atoms with Crippen LogP contribution in [-0.4, -0.2) is 54.5 Å². The Labute approximate surface area is 125 Å². The molecular formula is C17H21N3O. The Bertz CT molecular complexity index is 570. The van der Waals surface area contributed by atoms with Gasteiger partial charge in [0.25, 0.3) is 5.91 Å². The first-order valence-electron chi connectivity index (χ1n) is 7.60. The first-order valence-corrected chi connectivity index (χ1v) is 7.60. The monoisotopic (exact) mass is 283 g/mol. The molecule has 110 valence electrons. The van der Waals surface area contributed by atoms with Gasteiger partial charge in [0.15, 0.2) is 0 Å². The van der Waals surface area contributed by atoms with Crippen LogP contribution in [0.5, 0.6) is 0 Å². The molecule has 2 aliphatic heterocycles. The minimum Gasteiger partial charge on any atom is -0.336 e. The molecule has 4 nitrogen and oxygen atoms in total. The highest BCUT2D eigenvalue weighted by molar-refractivity contribution is 5.94. The summed E-state index contributed by atoms with van der Waals surface area (Å²) in [6.45, 7) is 4.27. The van der Waals surface area contributed by atoms with Gasteiger partial charge in [-0.1, -0.05) is 11.8 Å². The van der Waals surface area contributed by atoms with Crippen molar-refractivity contribution in [3.63, 3.8) is 0 Å². The average Bonchev–Trinajstić information content (AvgIpc) is 3.00. The molecule has 0 bridgehead atoms. The third kappa shape index (κ3) is 3.10. The van der Waals surface area contributed by atoms with Gasteiger partial charge in [0.1, 0.15) is 0 Å². The van der Waals surface area contributed by atoms with Gasteiger partial charge in [-0.2, -0.15) is 0 Å². The van der Waals surface area contributed by atoms with Gasteiger partial charge in [-0.3, -0.25) is 9.69 Å². The summed E-state index contributed by atoms with van der Waals surface area (Å²) >= 11 is 0. The van der Waals surface area contributed by atoms with Crippen LogP contribution in [0.15, 0.2) is 24.3 Å². The fraction of sp³-hybridized carbons (Fsp3) is 0.471. The summed E-state index contributed by atoms with van der Waals surface area (Å²) in [7, 11) is 0. The Kier molecular flexibility index (Phi) is 4.23. The van der Waals surface area contributed by atoms with Gasteiger partial charge in [-0.15, -0.1) is 0 Å². The number of hydrogen-bond acceptors (Lipinski definition) is 3. The van der Waals surface area contributed by atoms with Crippen molar-refractivity contribution in [1.82, 2.24) is 9.80 Å². The molecule has 2 N–H and O–H groups in total. The van der Waals surface area contributed by atoms with E-state index in [9.17, 15) is 4.79 Å². The fourth-order valence-electron chi connectivity index (χ4n) is 3.21. The van der Waals surface area contributed by atoms with Gasteiger partial charge in [-0.25, -0.2) is 0 Å². The highest BCUT2D eigenvalue weighted by Crippen LogP contribution is 2.22. The molecule has 2 heterocycles. The fourth-order valence-corrected chi connectivity index (χ4v) is 3.21. The molecule has 1 atom stereocenters. The van der Waals surface area contributed by atoms with Crippen LogP contribution >= 0.6 is 0 Å². The van der Waals surface area contributed by atoms with Crippen LogP contribution in [0.2, 0.25) is 0 Å². The van der Waals surface area contributed by atoms with E-state index in [1.165, 1.54) is 19.4 Å². The Morgan fingerprint density at radius 3 is 2.81 bits per heavy atom. The number of rotatable bonds is 1. The number of nitrogens with two attached hydrogens (primary N) is 1. The van der Waals surface area contributed by atoms with Crippen LogP contribution in [0.25, 0.3) is 0 Å². The molecule has 1 unspecified atom stereocenters. The van der Waals surface area contributed by atoms with E-state index in [1.54, 1.807) is 0 Å². The van der Waals surface area contributed by atoms with Crippen LogP contribution in [0, 0.1) is 11.8 Å². The van der Waals surface area contributed by atoms with Gasteiger partial charge < -0.3 is 10.6 Å². The molecule has 4 heteroatoms. The standard InChI is InChI=1S/C17H21N3O/c18-9-1-3-14-5-7-15(8-6-14)17(21)20-12-11-19-10-2-4-16(19)13-20/h5-8,16H,2,4,9-13,18H2. The molecule has 1 aromatic carbocycles. The summed E-state index contributed by atoms with van der Waals surface area (Å²) in [6, 6.07) is 8.08. The Morgan fingerprint density at radius 2 is 2.05 bits per heavy atom. The molecule has 0 aromatic heterocycles. The predicted octanol–water partition coefficient (Wildman–Crippen LogP) is 0.917. The molecule has 0 radical (unpaired) electrons. The van der Waals surface area contributed by atoms with Crippen LogP contribution in [-0.2, 0) is 0 Å². The third-order valence-corrected chi connectivity index (χ3v) is 4.34. The zero-order valence-corrected chi connectivity index (χ0v) is 12.2. The molecule has 2 aliphatic rings. The molecule has 1 aromatic rings. The molecule has 0 aliphatic carbocycles. The molecule has 0 spiro atoms. The van der Waals surface area contributed by atoms with Crippen LogP contribution in [0.4, 0.5) is 0 Å². The number of carbonyl (C=O) groups excluding carboxylic acids is 1. The van der Waals surface area contributed by atoms with Crippen LogP contribution < -0.4 is 5.73 Å². The van der Waals surface area contributed by atoms with Gasteiger partial charge in [0.2, 0.25) is 0 Å². The second kappa shape index (κ2) is 6.30. The smallest absolute Gasteiger partial charge is 0.253 e. The molecule has 1 amide bonds. The number of benzene rings is 1. The first kappa shape index (κ1) is 14.1. The maximum Gasteiger partial charge on any atom is 0.253 e. The number of fused-ring (bicyclic) bond motifs is 1. The van der Waals surface area contributed by atoms with Crippen molar-refractivity contribution in [3.8, 4) is 11.8 Å². The highest BCUT2D eigenvalue weighted by Gasteiger charge is 2.32. The number of nitrogens with zero attached hydrogens (tertiary/aromatic N) is 2. The van der Waals surface area contributed by atoms with E-state index in [0.29, 0.717) is 12.6 Å². The topological polar surface area (TPSA) is 49.6 Å². The Hall–Kier alpha value is -1.83. The van der Waals surface area contributed by atoms with Crippen molar-refractivity contribution in [1.29, 1.82) is 0 Å². The average molecular weight is 283 g/mol. The van der Waals surface area contributed by atoms with Gasteiger partial charge >= 0.3 is 0 Å². The van der Waals surface area contributed by atoms with Gasteiger partial charge in [0, 0.05) is 36.8 Å². The lowest BCUT2D eigenvalue weighted by Crippen LogP contribution is -2.52. The predicted molar refractivity (Wildman–Crippen MR) is 82.9 cm³/mol. The van der Waals surface area contributed by atoms with E-state index < -0.39 is 0 Å². The van der Waals surface area contributed by atoms with E-state index in [4.69, 9.17) is 5.73 Å². The first-order chi connectivity index (χ1) is 10.3. The van der Waals surface area contributed by atoms with Gasteiger partial charge in [0.05, 0.1) is 6.54 Å². The van der Waals surface area contributed by atoms with E-state index >= 15 is 0 Å². The lowest BCUT2D eigenvalue weighted by Gasteiger charge is -2.37. The number of hydrogen-bond donors (Lipinski definition) is 1. The summed E-state index contributed by atoms with van der Waals surface area (Å²) in [5, 5.41) is 0. The SMILES string of the molecule is NCC#Cc1ccc(C(=O)N2CCN3CCCC3C2)cc1. The molecule has 2 fully saturated rings. The third-order valence-electron chi connectivity index (χ3n) is 4.34. The molecule has 3 rings (SSSR count). The minimum absolute atomic E-state index is 0.139. The van der Waals surface area contributed by atoms with E-state index in [1.807, 2.05) is 29.2 Å². The van der Waals surface area contributed by atoms with Crippen molar-refractivity contribution in [2.24, 2.45) is 5.73 Å². The van der Waals surface area contributed by atoms with Crippen LogP contribution in [0.3, 0.4) is 0 Å². The maximum absolute atomic E-state index is 12.6. The number of carbonyl (C=O) groups is 1. The van der Waals surface area contributed by atoms with E-state index in [-0.39, 0.29) is 5.91 Å². The summed E-state index contributed by atoms with van der Waals surface area (Å²) in [4.78, 5) is 17.1. The van der Waals surface area contributed by atoms with Crippen molar-refractivity contribution in [2.45, 2.75) is 18.9 Å². The lowest BCUT2D eigenvalue weighted by molar-refractivity contribution is 0.0571. The second-order valence-electron chi connectivity index (χ2n) is 5.67. The van der Waals surface area contributed by atoms with Crippen LogP contribution in [0.1, 0.15) is 28.8 Å². The second-order valence-corrected chi connectivity index (χ2v) is 5.67. The number of piperazine rings is 1. The largest absolute Gasteiger partial charge is 0.336 e. The maximum atomic E-state index is 12.6. The normalized spacial score (nSPS) is 21.6. The van der Waals surface area contributed by atoms with E-state index in [2.05, 4.69) is 16.7 Å². The molecule has 0 saturated carbocycles. The van der Waals surface area contributed by atoms with Crippen molar-refractivity contribution in [2.75, 3.05) is 32.7 Å². The summed E-state index contributed by atoms with van der Waals surface area (Å²) in [5.41, 5.74) is 7.01. The highest BCUT2D eigenvalue weighted by atomic mass is 16.2. The van der Waals surface area contributed by atoms with Crippen molar-refractivity contribution < 1.29 is 4.79 Å². The molecule has 2 saturated heterocycles. The van der Waals surface area contributed by atoms with Crippen molar-refractivity contribution in [3.05, 3.63) is 35.4 Å².